The Morgan fingerprint density at radius 1 is 0.262 bits per heavy atom. The fraction of sp³-hybridized carbons (Fsp3) is 0.0476. The maximum atomic E-state index is 2.53. The Bertz CT molecular complexity index is 3330. The van der Waals surface area contributed by atoms with E-state index >= 15 is 0 Å². The number of fused-ring (bicyclic) bond motifs is 16. The Labute approximate surface area is 380 Å². The Morgan fingerprint density at radius 3 is 1.09 bits per heavy atom. The Hall–Kier alpha value is -8.20. The van der Waals surface area contributed by atoms with Gasteiger partial charge in [-0.3, -0.25) is 0 Å². The van der Waals surface area contributed by atoms with Crippen LogP contribution in [0.1, 0.15) is 44.5 Å². The monoisotopic (exact) mass is 826 g/mol. The van der Waals surface area contributed by atoms with Crippen molar-refractivity contribution >= 4 is 34.1 Å². The van der Waals surface area contributed by atoms with Crippen LogP contribution in [0.25, 0.3) is 44.5 Å². The molecule has 0 unspecified atom stereocenters. The highest BCUT2D eigenvalue weighted by Crippen LogP contribution is 2.64. The van der Waals surface area contributed by atoms with Gasteiger partial charge in [-0.15, -0.1) is 0 Å². The quantitative estimate of drug-likeness (QED) is 0.165. The van der Waals surface area contributed by atoms with Crippen molar-refractivity contribution in [3.8, 4) is 44.5 Å². The fourth-order valence-corrected chi connectivity index (χ4v) is 12.1. The second-order valence-corrected chi connectivity index (χ2v) is 17.9. The molecule has 65 heavy (non-hydrogen) atoms. The molecule has 4 aliphatic rings. The molecule has 0 aliphatic heterocycles. The van der Waals surface area contributed by atoms with Gasteiger partial charge in [0.1, 0.15) is 0 Å². The highest BCUT2D eigenvalue weighted by atomic mass is 15.2. The van der Waals surface area contributed by atoms with Gasteiger partial charge in [-0.25, -0.2) is 0 Å². The maximum absolute atomic E-state index is 2.53. The van der Waals surface area contributed by atoms with Gasteiger partial charge in [0.15, 0.2) is 0 Å². The molecule has 2 nitrogen and oxygen atoms in total. The van der Waals surface area contributed by atoms with E-state index in [1.54, 1.807) is 0 Å². The summed E-state index contributed by atoms with van der Waals surface area (Å²) in [6.07, 6.45) is 1.81. The van der Waals surface area contributed by atoms with Crippen LogP contribution in [0.2, 0.25) is 0 Å². The first kappa shape index (κ1) is 36.3. The molecule has 0 radical (unpaired) electrons. The smallest absolute Gasteiger partial charge is 0.0727 e. The van der Waals surface area contributed by atoms with E-state index in [1.807, 2.05) is 0 Å². The van der Waals surface area contributed by atoms with Crippen molar-refractivity contribution in [1.29, 1.82) is 0 Å². The number of benzene rings is 10. The molecule has 14 rings (SSSR count). The summed E-state index contributed by atoms with van der Waals surface area (Å²) in [7, 11) is 0. The predicted molar refractivity (Wildman–Crippen MR) is 269 cm³/mol. The third kappa shape index (κ3) is 5.11. The summed E-state index contributed by atoms with van der Waals surface area (Å²) in [6.45, 7) is 0. The summed E-state index contributed by atoms with van der Waals surface area (Å²) in [5.41, 5.74) is 27.8. The molecule has 10 aromatic rings. The number of hydrogen-bond donors (Lipinski definition) is 0. The molecule has 10 aromatic carbocycles. The lowest BCUT2D eigenvalue weighted by Crippen LogP contribution is -2.26. The van der Waals surface area contributed by atoms with E-state index in [-0.39, 0.29) is 0 Å². The molecular formula is C63H42N2. The van der Waals surface area contributed by atoms with Gasteiger partial charge >= 0.3 is 0 Å². The molecule has 0 heterocycles. The molecule has 0 amide bonds. The van der Waals surface area contributed by atoms with Crippen LogP contribution in [0.15, 0.2) is 231 Å². The zero-order valence-electron chi connectivity index (χ0n) is 35.7. The van der Waals surface area contributed by atoms with Crippen molar-refractivity contribution in [3.63, 3.8) is 0 Å². The van der Waals surface area contributed by atoms with Gasteiger partial charge in [0, 0.05) is 35.6 Å². The van der Waals surface area contributed by atoms with Gasteiger partial charge in [-0.05, 0) is 150 Å². The van der Waals surface area contributed by atoms with Gasteiger partial charge < -0.3 is 9.80 Å². The Morgan fingerprint density at radius 2 is 0.631 bits per heavy atom. The van der Waals surface area contributed by atoms with Crippen LogP contribution in [-0.4, -0.2) is 0 Å². The summed E-state index contributed by atoms with van der Waals surface area (Å²) >= 11 is 0. The zero-order chi connectivity index (χ0) is 42.6. The van der Waals surface area contributed by atoms with E-state index < -0.39 is 5.41 Å². The van der Waals surface area contributed by atoms with Crippen molar-refractivity contribution in [1.82, 2.24) is 0 Å². The Balaban J connectivity index is 1.01. The van der Waals surface area contributed by atoms with Gasteiger partial charge in [0.05, 0.1) is 16.8 Å². The van der Waals surface area contributed by atoms with E-state index in [9.17, 15) is 0 Å². The van der Waals surface area contributed by atoms with E-state index in [2.05, 4.69) is 240 Å². The lowest BCUT2D eigenvalue weighted by atomic mass is 9.70. The third-order valence-electron chi connectivity index (χ3n) is 14.7. The molecule has 0 bridgehead atoms. The van der Waals surface area contributed by atoms with Crippen LogP contribution in [0.3, 0.4) is 0 Å². The van der Waals surface area contributed by atoms with E-state index in [0.717, 1.165) is 35.6 Å². The molecule has 0 saturated carbocycles. The Kier molecular flexibility index (Phi) is 7.76. The van der Waals surface area contributed by atoms with Crippen molar-refractivity contribution < 1.29 is 0 Å². The standard InChI is InChI=1S/C63H42N2/c1-3-19-43(20-4-1)64(61-31-15-27-49-47-23-9-7-17-41(47)37-55(49)61)45-33-35-53-54-36-34-46(40-60(54)63(59(53)39-45)57-29-13-11-25-51(57)52-26-12-14-30-58(52)63)65(44-21-5-2-6-22-44)62-32-16-28-50-48-24-10-8-18-42(48)38-56(50)62/h1-36,39-40H,37-38H2. The van der Waals surface area contributed by atoms with Crippen molar-refractivity contribution in [2.24, 2.45) is 0 Å². The maximum Gasteiger partial charge on any atom is 0.0727 e. The number of hydrogen-bond acceptors (Lipinski definition) is 2. The lowest BCUT2D eigenvalue weighted by molar-refractivity contribution is 0.793. The van der Waals surface area contributed by atoms with Crippen LogP contribution < -0.4 is 9.80 Å². The first-order valence-corrected chi connectivity index (χ1v) is 22.9. The molecule has 0 atom stereocenters. The third-order valence-corrected chi connectivity index (χ3v) is 14.7. The zero-order valence-corrected chi connectivity index (χ0v) is 35.7. The topological polar surface area (TPSA) is 6.48 Å². The molecule has 304 valence electrons. The second-order valence-electron chi connectivity index (χ2n) is 17.9. The highest BCUT2D eigenvalue weighted by Gasteiger charge is 2.52. The summed E-state index contributed by atoms with van der Waals surface area (Å²) < 4.78 is 0. The summed E-state index contributed by atoms with van der Waals surface area (Å²) in [5.74, 6) is 0. The molecule has 2 heteroatoms. The number of anilines is 6. The van der Waals surface area contributed by atoms with Crippen molar-refractivity contribution in [2.45, 2.75) is 18.3 Å². The first-order valence-electron chi connectivity index (χ1n) is 22.9. The molecular weight excluding hydrogens is 785 g/mol. The van der Waals surface area contributed by atoms with E-state index in [4.69, 9.17) is 0 Å². The normalized spacial score (nSPS) is 13.5. The summed E-state index contributed by atoms with van der Waals surface area (Å²) in [6, 6.07) is 86.3. The van der Waals surface area contributed by atoms with Crippen molar-refractivity contribution in [2.75, 3.05) is 9.80 Å². The first-order chi connectivity index (χ1) is 32.3. The molecule has 0 fully saturated rings. The van der Waals surface area contributed by atoms with Gasteiger partial charge in [0.2, 0.25) is 0 Å². The molecule has 1 spiro atoms. The van der Waals surface area contributed by atoms with Crippen LogP contribution in [0.4, 0.5) is 34.1 Å². The largest absolute Gasteiger partial charge is 0.310 e. The SMILES string of the molecule is c1ccc(N(c2ccc3c(c2)C2(c4ccccc4-c4ccccc42)c2cc(N(c4ccccc4)c4cccc5c4Cc4ccccc4-5)ccc2-3)c2cccc3c2Cc2ccccc2-3)cc1. The molecule has 4 aliphatic carbocycles. The lowest BCUT2D eigenvalue weighted by Gasteiger charge is -2.34. The van der Waals surface area contributed by atoms with E-state index in [1.165, 1.54) is 100 Å². The van der Waals surface area contributed by atoms with Crippen LogP contribution in [-0.2, 0) is 18.3 Å². The van der Waals surface area contributed by atoms with Crippen LogP contribution in [0, 0.1) is 0 Å². The number of nitrogens with zero attached hydrogens (tertiary/aromatic N) is 2. The number of para-hydroxylation sites is 2. The van der Waals surface area contributed by atoms with Crippen molar-refractivity contribution in [3.05, 3.63) is 275 Å². The minimum atomic E-state index is -0.557. The van der Waals surface area contributed by atoms with Crippen LogP contribution in [0.5, 0.6) is 0 Å². The number of rotatable bonds is 6. The molecule has 0 saturated heterocycles. The average molecular weight is 827 g/mol. The predicted octanol–water partition coefficient (Wildman–Crippen LogP) is 16.1. The van der Waals surface area contributed by atoms with Gasteiger partial charge in [-0.2, -0.15) is 0 Å². The molecule has 0 aromatic heterocycles. The summed E-state index contributed by atoms with van der Waals surface area (Å²) in [5, 5.41) is 0. The van der Waals surface area contributed by atoms with Gasteiger partial charge in [-0.1, -0.05) is 170 Å². The minimum absolute atomic E-state index is 0.557. The second kappa shape index (κ2) is 13.9. The average Bonchev–Trinajstić information content (AvgIpc) is 4.11. The molecule has 0 N–H and O–H groups in total. The van der Waals surface area contributed by atoms with Gasteiger partial charge in [0.25, 0.3) is 0 Å². The van der Waals surface area contributed by atoms with E-state index in [0.29, 0.717) is 0 Å². The summed E-state index contributed by atoms with van der Waals surface area (Å²) in [4.78, 5) is 5.01. The fourth-order valence-electron chi connectivity index (χ4n) is 12.1. The minimum Gasteiger partial charge on any atom is -0.310 e. The highest BCUT2D eigenvalue weighted by molar-refractivity contribution is 5.99. The van der Waals surface area contributed by atoms with Crippen LogP contribution >= 0.6 is 0 Å².